The van der Waals surface area contributed by atoms with Crippen LogP contribution >= 0.6 is 0 Å². The van der Waals surface area contributed by atoms with Gasteiger partial charge in [-0.1, -0.05) is 30.3 Å². The number of hydrogen-bond acceptors (Lipinski definition) is 7. The first-order chi connectivity index (χ1) is 17.3. The molecule has 3 heterocycles. The van der Waals surface area contributed by atoms with Crippen LogP contribution in [0.15, 0.2) is 42.5 Å². The van der Waals surface area contributed by atoms with Crippen molar-refractivity contribution in [3.63, 3.8) is 0 Å². The topological polar surface area (TPSA) is 96.8 Å². The minimum Gasteiger partial charge on any atom is -0.496 e. The van der Waals surface area contributed by atoms with Gasteiger partial charge in [-0.3, -0.25) is 4.79 Å². The highest BCUT2D eigenvalue weighted by Gasteiger charge is 2.38. The van der Waals surface area contributed by atoms with E-state index in [9.17, 15) is 9.90 Å². The molecule has 1 amide bonds. The Morgan fingerprint density at radius 3 is 2.69 bits per heavy atom. The number of benzene rings is 2. The number of aliphatic hydroxyl groups is 1. The molecule has 36 heavy (non-hydrogen) atoms. The molecular formula is C28H32N4O4. The van der Waals surface area contributed by atoms with Gasteiger partial charge in [0, 0.05) is 43.1 Å². The highest BCUT2D eigenvalue weighted by Crippen LogP contribution is 2.37. The standard InChI is InChI=1S/C28H32N4O4/c1-17(21-6-5-7-22(12-21)28(34)15-36-16-28)29-27-24-13-23(20-8-10-32(11-9-20)19(3)33)26(35-4)14-25(24)30-18(2)31-27/h5-8,12-14,17,34H,9-11,15-16H2,1-4H3,(H,29,30,31)/t17-/m0/s1. The molecule has 0 spiro atoms. The lowest BCUT2D eigenvalue weighted by atomic mass is 9.90. The molecule has 0 bridgehead atoms. The molecule has 188 valence electrons. The van der Waals surface area contributed by atoms with Gasteiger partial charge in [-0.2, -0.15) is 0 Å². The van der Waals surface area contributed by atoms with Gasteiger partial charge in [-0.25, -0.2) is 9.97 Å². The van der Waals surface area contributed by atoms with Gasteiger partial charge in [0.2, 0.25) is 5.91 Å². The Morgan fingerprint density at radius 2 is 2.06 bits per heavy atom. The zero-order valence-electron chi connectivity index (χ0n) is 21.2. The van der Waals surface area contributed by atoms with Gasteiger partial charge in [0.1, 0.15) is 23.0 Å². The number of rotatable bonds is 6. The number of hydrogen-bond donors (Lipinski definition) is 2. The summed E-state index contributed by atoms with van der Waals surface area (Å²) in [7, 11) is 1.67. The van der Waals surface area contributed by atoms with Gasteiger partial charge in [-0.05, 0) is 43.0 Å². The van der Waals surface area contributed by atoms with Crippen molar-refractivity contribution in [2.75, 3.05) is 38.7 Å². The summed E-state index contributed by atoms with van der Waals surface area (Å²) in [6.45, 7) is 7.47. The van der Waals surface area contributed by atoms with E-state index >= 15 is 0 Å². The number of nitrogens with one attached hydrogen (secondary N) is 1. The van der Waals surface area contributed by atoms with Crippen molar-refractivity contribution in [3.05, 3.63) is 65.0 Å². The number of carbonyl (C=O) groups is 1. The number of amides is 1. The largest absolute Gasteiger partial charge is 0.496 e. The highest BCUT2D eigenvalue weighted by molar-refractivity contribution is 5.94. The van der Waals surface area contributed by atoms with E-state index in [-0.39, 0.29) is 11.9 Å². The maximum Gasteiger partial charge on any atom is 0.219 e. The molecule has 1 aromatic heterocycles. The predicted octanol–water partition coefficient (Wildman–Crippen LogP) is 3.97. The molecule has 1 fully saturated rings. The molecule has 5 rings (SSSR count). The lowest BCUT2D eigenvalue weighted by molar-refractivity contribution is -0.184. The monoisotopic (exact) mass is 488 g/mol. The summed E-state index contributed by atoms with van der Waals surface area (Å²) < 4.78 is 11.0. The molecule has 0 unspecified atom stereocenters. The maximum absolute atomic E-state index is 11.8. The molecule has 2 N–H and O–H groups in total. The van der Waals surface area contributed by atoms with Gasteiger partial charge in [0.05, 0.1) is 25.8 Å². The number of aryl methyl sites for hydroxylation is 1. The van der Waals surface area contributed by atoms with E-state index < -0.39 is 5.60 Å². The van der Waals surface area contributed by atoms with E-state index in [1.54, 1.807) is 14.0 Å². The highest BCUT2D eigenvalue weighted by atomic mass is 16.5. The number of nitrogens with zero attached hydrogens (tertiary/aromatic N) is 3. The second-order valence-electron chi connectivity index (χ2n) is 9.65. The van der Waals surface area contributed by atoms with Crippen LogP contribution in [0.2, 0.25) is 0 Å². The Bertz CT molecular complexity index is 1350. The normalized spacial score (nSPS) is 17.8. The minimum atomic E-state index is -0.912. The van der Waals surface area contributed by atoms with Crippen LogP contribution in [0, 0.1) is 6.92 Å². The third-order valence-corrected chi connectivity index (χ3v) is 7.09. The fraction of sp³-hybridized carbons (Fsp3) is 0.393. The molecule has 0 radical (unpaired) electrons. The summed E-state index contributed by atoms with van der Waals surface area (Å²) in [6, 6.07) is 12.0. The van der Waals surface area contributed by atoms with Gasteiger partial charge in [0.15, 0.2) is 0 Å². The summed E-state index contributed by atoms with van der Waals surface area (Å²) in [5.41, 5.74) is 3.93. The lowest BCUT2D eigenvalue weighted by Gasteiger charge is -2.37. The van der Waals surface area contributed by atoms with Crippen molar-refractivity contribution in [3.8, 4) is 5.75 Å². The van der Waals surface area contributed by atoms with Crippen LogP contribution < -0.4 is 10.1 Å². The van der Waals surface area contributed by atoms with E-state index in [1.807, 2.05) is 42.2 Å². The van der Waals surface area contributed by atoms with E-state index in [4.69, 9.17) is 14.5 Å². The Hall–Kier alpha value is -3.49. The van der Waals surface area contributed by atoms with E-state index in [0.29, 0.717) is 32.1 Å². The fourth-order valence-corrected chi connectivity index (χ4v) is 4.85. The van der Waals surface area contributed by atoms with Crippen LogP contribution in [0.1, 0.15) is 48.8 Å². The molecule has 8 nitrogen and oxygen atoms in total. The molecule has 8 heteroatoms. The van der Waals surface area contributed by atoms with Crippen molar-refractivity contribution >= 4 is 28.2 Å². The van der Waals surface area contributed by atoms with Crippen molar-refractivity contribution in [2.45, 2.75) is 38.8 Å². The predicted molar refractivity (Wildman–Crippen MR) is 139 cm³/mol. The summed E-state index contributed by atoms with van der Waals surface area (Å²) >= 11 is 0. The first-order valence-electron chi connectivity index (χ1n) is 12.3. The Balaban J connectivity index is 1.50. The van der Waals surface area contributed by atoms with E-state index in [0.717, 1.165) is 51.2 Å². The van der Waals surface area contributed by atoms with Crippen LogP contribution in [0.5, 0.6) is 5.75 Å². The van der Waals surface area contributed by atoms with Crippen molar-refractivity contribution in [2.24, 2.45) is 0 Å². The van der Waals surface area contributed by atoms with Crippen molar-refractivity contribution in [1.82, 2.24) is 14.9 Å². The number of methoxy groups -OCH3 is 1. The number of carbonyl (C=O) groups excluding carboxylic acids is 1. The maximum atomic E-state index is 11.8. The van der Waals surface area contributed by atoms with Crippen molar-refractivity contribution < 1.29 is 19.4 Å². The third-order valence-electron chi connectivity index (χ3n) is 7.09. The molecule has 2 aromatic carbocycles. The number of fused-ring (bicyclic) bond motifs is 1. The van der Waals surface area contributed by atoms with Gasteiger partial charge in [0.25, 0.3) is 0 Å². The number of ether oxygens (including phenoxy) is 2. The van der Waals surface area contributed by atoms with Gasteiger partial charge >= 0.3 is 0 Å². The molecular weight excluding hydrogens is 456 g/mol. The van der Waals surface area contributed by atoms with Crippen molar-refractivity contribution in [1.29, 1.82) is 0 Å². The van der Waals surface area contributed by atoms with Gasteiger partial charge < -0.3 is 24.8 Å². The van der Waals surface area contributed by atoms with Crippen LogP contribution in [0.25, 0.3) is 16.5 Å². The average molecular weight is 489 g/mol. The molecule has 2 aliphatic rings. The Morgan fingerprint density at radius 1 is 1.25 bits per heavy atom. The first kappa shape index (κ1) is 24.2. The summed E-state index contributed by atoms with van der Waals surface area (Å²) in [6.07, 6.45) is 2.85. The summed E-state index contributed by atoms with van der Waals surface area (Å²) in [5, 5.41) is 15.2. The van der Waals surface area contributed by atoms with E-state index in [1.165, 1.54) is 0 Å². The van der Waals surface area contributed by atoms with Crippen LogP contribution in [0.4, 0.5) is 5.82 Å². The summed E-state index contributed by atoms with van der Waals surface area (Å²) in [5.74, 6) is 2.24. The SMILES string of the molecule is COc1cc2nc(C)nc(N[C@@H](C)c3cccc(C4(O)COC4)c3)c2cc1C1=CCN(C(C)=O)CC1. The zero-order valence-corrected chi connectivity index (χ0v) is 21.2. The van der Waals surface area contributed by atoms with Gasteiger partial charge in [-0.15, -0.1) is 0 Å². The van der Waals surface area contributed by atoms with Crippen LogP contribution in [-0.2, 0) is 15.1 Å². The summed E-state index contributed by atoms with van der Waals surface area (Å²) in [4.78, 5) is 23.0. The zero-order chi connectivity index (χ0) is 25.4. The first-order valence-corrected chi connectivity index (χ1v) is 12.3. The second kappa shape index (κ2) is 9.52. The fourth-order valence-electron chi connectivity index (χ4n) is 4.85. The van der Waals surface area contributed by atoms with Crippen LogP contribution in [0.3, 0.4) is 0 Å². The smallest absolute Gasteiger partial charge is 0.219 e. The molecule has 1 saturated heterocycles. The minimum absolute atomic E-state index is 0.0596. The molecule has 0 aliphatic carbocycles. The van der Waals surface area contributed by atoms with E-state index in [2.05, 4.69) is 29.4 Å². The second-order valence-corrected chi connectivity index (χ2v) is 9.65. The Labute approximate surface area is 211 Å². The Kier molecular flexibility index (Phi) is 6.40. The third kappa shape index (κ3) is 4.54. The lowest BCUT2D eigenvalue weighted by Crippen LogP contribution is -2.46. The average Bonchev–Trinajstić information content (AvgIpc) is 2.86. The molecule has 1 atom stereocenters. The number of anilines is 1. The molecule has 2 aliphatic heterocycles. The van der Waals surface area contributed by atoms with Crippen LogP contribution in [-0.4, -0.2) is 59.3 Å². The molecule has 3 aromatic rings. The molecule has 0 saturated carbocycles. The number of aromatic nitrogens is 2. The quantitative estimate of drug-likeness (QED) is 0.542.